The minimum atomic E-state index is -0.153. The third kappa shape index (κ3) is 5.34. The van der Waals surface area contributed by atoms with Gasteiger partial charge in [-0.2, -0.15) is 0 Å². The van der Waals surface area contributed by atoms with Crippen molar-refractivity contribution >= 4 is 5.91 Å². The van der Waals surface area contributed by atoms with Gasteiger partial charge in [0.15, 0.2) is 0 Å². The summed E-state index contributed by atoms with van der Waals surface area (Å²) in [6.45, 7) is 5.94. The predicted octanol–water partition coefficient (Wildman–Crippen LogP) is 1.46. The number of hydrogen-bond donors (Lipinski definition) is 1. The fraction of sp³-hybridized carbons (Fsp3) is 0.421. The largest absolute Gasteiger partial charge is 0.379 e. The Bertz CT molecular complexity index is 687. The first-order valence-corrected chi connectivity index (χ1v) is 8.64. The molecule has 0 aliphatic carbocycles. The van der Waals surface area contributed by atoms with Crippen LogP contribution in [-0.2, 0) is 11.2 Å². The molecule has 1 aromatic carbocycles. The maximum Gasteiger partial charge on any atom is 0.270 e. The summed E-state index contributed by atoms with van der Waals surface area (Å²) in [5.74, 6) is -0.153. The minimum Gasteiger partial charge on any atom is -0.379 e. The van der Waals surface area contributed by atoms with Crippen LogP contribution in [-0.4, -0.2) is 59.7 Å². The van der Waals surface area contributed by atoms with Crippen LogP contribution in [0.5, 0.6) is 0 Å². The number of rotatable bonds is 6. The lowest BCUT2D eigenvalue weighted by atomic mass is 10.0. The van der Waals surface area contributed by atoms with E-state index in [1.807, 2.05) is 25.1 Å². The van der Waals surface area contributed by atoms with Crippen LogP contribution in [0.4, 0.5) is 0 Å². The second-order valence-corrected chi connectivity index (χ2v) is 6.32. The van der Waals surface area contributed by atoms with Crippen molar-refractivity contribution in [3.05, 3.63) is 59.7 Å². The molecule has 0 bridgehead atoms. The number of amides is 1. The molecule has 0 spiro atoms. The summed E-state index contributed by atoms with van der Waals surface area (Å²) in [4.78, 5) is 23.1. The minimum absolute atomic E-state index is 0.0169. The zero-order valence-corrected chi connectivity index (χ0v) is 14.5. The third-order valence-electron chi connectivity index (χ3n) is 4.28. The first-order valence-electron chi connectivity index (χ1n) is 8.64. The summed E-state index contributed by atoms with van der Waals surface area (Å²) in [5.41, 5.74) is 2.40. The topological polar surface area (TPSA) is 67.4 Å². The number of nitrogens with one attached hydrogen (secondary N) is 1. The van der Waals surface area contributed by atoms with E-state index >= 15 is 0 Å². The Kier molecular flexibility index (Phi) is 6.09. The summed E-state index contributed by atoms with van der Waals surface area (Å²) >= 11 is 0. The van der Waals surface area contributed by atoms with Crippen molar-refractivity contribution in [2.45, 2.75) is 19.4 Å². The first kappa shape index (κ1) is 17.5. The van der Waals surface area contributed by atoms with Gasteiger partial charge in [0.25, 0.3) is 5.91 Å². The van der Waals surface area contributed by atoms with Crippen LogP contribution in [0, 0.1) is 6.92 Å². The van der Waals surface area contributed by atoms with Gasteiger partial charge in [-0.3, -0.25) is 9.69 Å². The molecule has 2 aromatic rings. The molecule has 1 aliphatic rings. The molecular weight excluding hydrogens is 316 g/mol. The number of ether oxygens (including phenoxy) is 1. The Balaban J connectivity index is 1.69. The number of nitrogens with zero attached hydrogens (tertiary/aromatic N) is 3. The van der Waals surface area contributed by atoms with Crippen LogP contribution in [0.25, 0.3) is 0 Å². The molecule has 6 nitrogen and oxygen atoms in total. The van der Waals surface area contributed by atoms with Crippen molar-refractivity contribution in [1.82, 2.24) is 20.2 Å². The van der Waals surface area contributed by atoms with E-state index in [2.05, 4.69) is 32.3 Å². The monoisotopic (exact) mass is 340 g/mol. The number of morpholine rings is 1. The molecule has 0 unspecified atom stereocenters. The van der Waals surface area contributed by atoms with Crippen molar-refractivity contribution in [1.29, 1.82) is 0 Å². The van der Waals surface area contributed by atoms with Crippen molar-refractivity contribution in [2.24, 2.45) is 0 Å². The highest BCUT2D eigenvalue weighted by atomic mass is 16.5. The van der Waals surface area contributed by atoms with Crippen LogP contribution in [0.15, 0.2) is 42.7 Å². The van der Waals surface area contributed by atoms with Gasteiger partial charge in [-0.1, -0.05) is 30.3 Å². The molecule has 1 saturated heterocycles. The zero-order chi connectivity index (χ0) is 17.5. The van der Waals surface area contributed by atoms with Gasteiger partial charge in [0.1, 0.15) is 12.0 Å². The van der Waals surface area contributed by atoms with Crippen LogP contribution in [0.2, 0.25) is 0 Å². The average Bonchev–Trinajstić information content (AvgIpc) is 2.63. The number of benzene rings is 1. The SMILES string of the molecule is Cc1cc(C(=O)N[C@@H](Cc2ccccc2)CN2CCOCC2)ncn1. The highest BCUT2D eigenvalue weighted by Crippen LogP contribution is 2.08. The summed E-state index contributed by atoms with van der Waals surface area (Å²) in [6, 6.07) is 12.0. The number of aromatic nitrogens is 2. The van der Waals surface area contributed by atoms with Gasteiger partial charge in [0.05, 0.1) is 13.2 Å². The fourth-order valence-electron chi connectivity index (χ4n) is 2.99. The molecule has 132 valence electrons. The Morgan fingerprint density at radius 1 is 1.24 bits per heavy atom. The number of carbonyl (C=O) groups excluding carboxylic acids is 1. The number of hydrogen-bond acceptors (Lipinski definition) is 5. The lowest BCUT2D eigenvalue weighted by Gasteiger charge is -2.31. The second kappa shape index (κ2) is 8.69. The van der Waals surface area contributed by atoms with E-state index < -0.39 is 0 Å². The van der Waals surface area contributed by atoms with Crippen LogP contribution in [0.3, 0.4) is 0 Å². The van der Waals surface area contributed by atoms with Gasteiger partial charge in [-0.25, -0.2) is 9.97 Å². The zero-order valence-electron chi connectivity index (χ0n) is 14.5. The molecule has 1 atom stereocenters. The van der Waals surface area contributed by atoms with E-state index in [0.717, 1.165) is 45.0 Å². The molecule has 1 amide bonds. The lowest BCUT2D eigenvalue weighted by Crippen LogP contribution is -2.48. The molecule has 6 heteroatoms. The molecule has 0 saturated carbocycles. The highest BCUT2D eigenvalue weighted by Gasteiger charge is 2.20. The molecule has 1 fully saturated rings. The summed E-state index contributed by atoms with van der Waals surface area (Å²) in [7, 11) is 0. The summed E-state index contributed by atoms with van der Waals surface area (Å²) in [5, 5.41) is 3.14. The lowest BCUT2D eigenvalue weighted by molar-refractivity contribution is 0.0333. The standard InChI is InChI=1S/C19H24N4O2/c1-15-11-18(21-14-20-15)19(24)22-17(12-16-5-3-2-4-6-16)13-23-7-9-25-10-8-23/h2-6,11,14,17H,7-10,12-13H2,1H3,(H,22,24)/t17-/m0/s1. The molecule has 3 rings (SSSR count). The Morgan fingerprint density at radius 3 is 2.72 bits per heavy atom. The number of aryl methyl sites for hydroxylation is 1. The van der Waals surface area contributed by atoms with Crippen molar-refractivity contribution < 1.29 is 9.53 Å². The second-order valence-electron chi connectivity index (χ2n) is 6.32. The smallest absolute Gasteiger partial charge is 0.270 e. The summed E-state index contributed by atoms with van der Waals surface area (Å²) < 4.78 is 5.42. The summed E-state index contributed by atoms with van der Waals surface area (Å²) in [6.07, 6.45) is 2.21. The molecule has 1 N–H and O–H groups in total. The van der Waals surface area contributed by atoms with Crippen molar-refractivity contribution in [3.63, 3.8) is 0 Å². The number of carbonyl (C=O) groups is 1. The average molecular weight is 340 g/mol. The molecule has 0 radical (unpaired) electrons. The van der Waals surface area contributed by atoms with Crippen LogP contribution in [0.1, 0.15) is 21.7 Å². The van der Waals surface area contributed by atoms with E-state index in [1.54, 1.807) is 6.07 Å². The maximum absolute atomic E-state index is 12.6. The first-order chi connectivity index (χ1) is 12.2. The Morgan fingerprint density at radius 2 is 2.00 bits per heavy atom. The van der Waals surface area contributed by atoms with Gasteiger partial charge in [-0.05, 0) is 25.0 Å². The predicted molar refractivity (Wildman–Crippen MR) is 95.4 cm³/mol. The van der Waals surface area contributed by atoms with E-state index in [1.165, 1.54) is 11.9 Å². The van der Waals surface area contributed by atoms with Gasteiger partial charge in [0.2, 0.25) is 0 Å². The van der Waals surface area contributed by atoms with Crippen molar-refractivity contribution in [3.8, 4) is 0 Å². The van der Waals surface area contributed by atoms with Gasteiger partial charge < -0.3 is 10.1 Å². The normalized spacial score (nSPS) is 16.4. The molecule has 1 aromatic heterocycles. The Hall–Kier alpha value is -2.31. The molecule has 25 heavy (non-hydrogen) atoms. The molecule has 2 heterocycles. The fourth-order valence-corrected chi connectivity index (χ4v) is 2.99. The van der Waals surface area contributed by atoms with Crippen LogP contribution >= 0.6 is 0 Å². The van der Waals surface area contributed by atoms with E-state index in [-0.39, 0.29) is 11.9 Å². The highest BCUT2D eigenvalue weighted by molar-refractivity contribution is 5.92. The molecular formula is C19H24N4O2. The van der Waals surface area contributed by atoms with Gasteiger partial charge >= 0.3 is 0 Å². The van der Waals surface area contributed by atoms with E-state index in [4.69, 9.17) is 4.74 Å². The maximum atomic E-state index is 12.6. The third-order valence-corrected chi connectivity index (χ3v) is 4.28. The quantitative estimate of drug-likeness (QED) is 0.862. The van der Waals surface area contributed by atoms with Crippen molar-refractivity contribution in [2.75, 3.05) is 32.8 Å². The van der Waals surface area contributed by atoms with E-state index in [9.17, 15) is 4.79 Å². The van der Waals surface area contributed by atoms with E-state index in [0.29, 0.717) is 5.69 Å². The Labute approximate surface area is 148 Å². The van der Waals surface area contributed by atoms with Gasteiger partial charge in [-0.15, -0.1) is 0 Å². The van der Waals surface area contributed by atoms with Crippen LogP contribution < -0.4 is 5.32 Å². The van der Waals surface area contributed by atoms with Gasteiger partial charge in [0, 0.05) is 31.4 Å². The molecule has 1 aliphatic heterocycles.